The van der Waals surface area contributed by atoms with E-state index >= 15 is 0 Å². The van der Waals surface area contributed by atoms with E-state index in [4.69, 9.17) is 11.1 Å². The molecule has 0 radical (unpaired) electrons. The first-order chi connectivity index (χ1) is 16.5. The number of carbonyl (C=O) groups is 3. The smallest absolute Gasteiger partial charge is 0.353 e. The maximum atomic E-state index is 12.7. The minimum Gasteiger partial charge on any atom is -0.477 e. The maximum Gasteiger partial charge on any atom is 0.353 e. The number of hydrogen-bond donors (Lipinski definition) is 6. The van der Waals surface area contributed by atoms with Gasteiger partial charge in [-0.25, -0.2) is 4.79 Å². The number of nitrogens with zero attached hydrogens (tertiary/aromatic N) is 3. The van der Waals surface area contributed by atoms with Crippen molar-refractivity contribution in [1.82, 2.24) is 20.0 Å². The van der Waals surface area contributed by atoms with E-state index < -0.39 is 24.1 Å². The van der Waals surface area contributed by atoms with Crippen molar-refractivity contribution in [3.8, 4) is 0 Å². The van der Waals surface area contributed by atoms with Crippen molar-refractivity contribution in [2.75, 3.05) is 32.7 Å². The SMILES string of the molecule is CC(O)C1C(=O)N2C(C(=O)O)=C(SC3CNC(C(O)CC(=O)N4CCN(C(=N)N)CC4)C3)C(C)[C@H]12. The number of aliphatic carboxylic acids is 1. The van der Waals surface area contributed by atoms with Crippen LogP contribution in [-0.2, 0) is 14.4 Å². The molecular formula is C22H34N6O6S. The Balaban J connectivity index is 1.33. The largest absolute Gasteiger partial charge is 0.477 e. The molecule has 7 N–H and O–H groups in total. The van der Waals surface area contributed by atoms with Crippen molar-refractivity contribution < 1.29 is 29.7 Å². The quantitative estimate of drug-likeness (QED) is 0.132. The first kappa shape index (κ1) is 25.7. The zero-order valence-electron chi connectivity index (χ0n) is 19.9. The van der Waals surface area contributed by atoms with Gasteiger partial charge in [-0.15, -0.1) is 11.8 Å². The molecule has 0 saturated carbocycles. The highest BCUT2D eigenvalue weighted by atomic mass is 32.2. The molecule has 0 spiro atoms. The standard InChI is InChI=1S/C22H34N6O6S/c1-10-17-16(11(2)29)20(32)28(17)18(21(33)34)19(10)35-12-7-13(25-9-12)14(30)8-15(31)26-3-5-27(6-4-26)22(23)24/h10-14,16-17,25,29-30H,3-9H2,1-2H3,(H3,23,24)(H,33,34)/t10?,11?,12?,13?,14?,16?,17-/m1/s1. The number of aliphatic hydroxyl groups excluding tert-OH is 2. The Bertz CT molecular complexity index is 935. The van der Waals surface area contributed by atoms with Crippen molar-refractivity contribution in [2.45, 2.75) is 56.2 Å². The van der Waals surface area contributed by atoms with E-state index in [1.165, 1.54) is 16.7 Å². The number of nitrogens with one attached hydrogen (secondary N) is 2. The van der Waals surface area contributed by atoms with Gasteiger partial charge in [0.15, 0.2) is 5.96 Å². The summed E-state index contributed by atoms with van der Waals surface area (Å²) >= 11 is 1.41. The third kappa shape index (κ3) is 4.74. The Hall–Kier alpha value is -2.35. The van der Waals surface area contributed by atoms with Crippen LogP contribution in [0.3, 0.4) is 0 Å². The topological polar surface area (TPSA) is 184 Å². The molecule has 3 saturated heterocycles. The lowest BCUT2D eigenvalue weighted by Gasteiger charge is -2.46. The van der Waals surface area contributed by atoms with Crippen LogP contribution in [0.15, 0.2) is 10.6 Å². The van der Waals surface area contributed by atoms with Crippen LogP contribution >= 0.6 is 11.8 Å². The van der Waals surface area contributed by atoms with Gasteiger partial charge in [-0.2, -0.15) is 0 Å². The van der Waals surface area contributed by atoms with Gasteiger partial charge in [0.2, 0.25) is 11.8 Å². The molecule has 194 valence electrons. The number of amides is 2. The summed E-state index contributed by atoms with van der Waals surface area (Å²) in [4.78, 5) is 42.5. The zero-order valence-corrected chi connectivity index (χ0v) is 20.7. The Morgan fingerprint density at radius 2 is 1.86 bits per heavy atom. The normalized spacial score (nSPS) is 32.4. The van der Waals surface area contributed by atoms with Crippen LogP contribution in [0.2, 0.25) is 0 Å². The van der Waals surface area contributed by atoms with E-state index in [2.05, 4.69) is 5.32 Å². The fourth-order valence-electron chi connectivity index (χ4n) is 5.62. The number of carboxylic acid groups (broad SMARTS) is 1. The summed E-state index contributed by atoms with van der Waals surface area (Å²) in [5.74, 6) is -2.47. The van der Waals surface area contributed by atoms with Gasteiger partial charge in [0.05, 0.1) is 30.6 Å². The molecule has 4 aliphatic rings. The van der Waals surface area contributed by atoms with Crippen LogP contribution in [-0.4, -0.2) is 116 Å². The van der Waals surface area contributed by atoms with Crippen molar-refractivity contribution in [1.29, 1.82) is 5.41 Å². The van der Waals surface area contributed by atoms with Crippen LogP contribution in [0, 0.1) is 17.2 Å². The third-order valence-corrected chi connectivity index (χ3v) is 9.06. The van der Waals surface area contributed by atoms with Gasteiger partial charge in [0.1, 0.15) is 5.70 Å². The average Bonchev–Trinajstić information content (AvgIpc) is 3.35. The van der Waals surface area contributed by atoms with Gasteiger partial charge in [0, 0.05) is 54.8 Å². The number of nitrogens with two attached hydrogens (primary N) is 1. The molecule has 0 aromatic rings. The number of carbonyl (C=O) groups excluding carboxylic acids is 2. The molecular weight excluding hydrogens is 476 g/mol. The molecule has 2 amide bonds. The number of hydrogen-bond acceptors (Lipinski definition) is 8. The van der Waals surface area contributed by atoms with Crippen molar-refractivity contribution in [3.63, 3.8) is 0 Å². The number of aliphatic hydroxyl groups is 2. The predicted molar refractivity (Wildman–Crippen MR) is 128 cm³/mol. The number of β-lactam (4-membered cyclic amide) rings is 1. The van der Waals surface area contributed by atoms with E-state index in [0.717, 1.165) is 0 Å². The van der Waals surface area contributed by atoms with Crippen LogP contribution < -0.4 is 11.1 Å². The van der Waals surface area contributed by atoms with Gasteiger partial charge in [0.25, 0.3) is 0 Å². The molecule has 0 aliphatic carbocycles. The molecule has 35 heavy (non-hydrogen) atoms. The Labute approximate surface area is 208 Å². The fourth-order valence-corrected chi connectivity index (χ4v) is 7.11. The van der Waals surface area contributed by atoms with Crippen molar-refractivity contribution >= 4 is 35.5 Å². The molecule has 0 aromatic carbocycles. The maximum absolute atomic E-state index is 12.7. The van der Waals surface area contributed by atoms with Gasteiger partial charge in [-0.3, -0.25) is 15.0 Å². The molecule has 0 aromatic heterocycles. The zero-order chi connectivity index (χ0) is 25.6. The molecule has 4 heterocycles. The van der Waals surface area contributed by atoms with E-state index in [1.54, 1.807) is 16.7 Å². The number of rotatable bonds is 7. The van der Waals surface area contributed by atoms with E-state index in [-0.39, 0.29) is 53.1 Å². The fraction of sp³-hybridized carbons (Fsp3) is 0.727. The Morgan fingerprint density at radius 3 is 2.43 bits per heavy atom. The van der Waals surface area contributed by atoms with Gasteiger partial charge in [-0.05, 0) is 13.3 Å². The highest BCUT2D eigenvalue weighted by Crippen LogP contribution is 2.51. The molecule has 7 atom stereocenters. The molecule has 0 bridgehead atoms. The summed E-state index contributed by atoms with van der Waals surface area (Å²) in [6, 6.07) is -0.655. The van der Waals surface area contributed by atoms with Crippen LogP contribution in [0.1, 0.15) is 26.7 Å². The third-order valence-electron chi connectivity index (χ3n) is 7.55. The van der Waals surface area contributed by atoms with E-state index in [9.17, 15) is 29.7 Å². The molecule has 3 fully saturated rings. The summed E-state index contributed by atoms with van der Waals surface area (Å²) < 4.78 is 0. The lowest BCUT2D eigenvalue weighted by Crippen LogP contribution is -2.63. The monoisotopic (exact) mass is 510 g/mol. The number of carboxylic acids is 1. The molecule has 4 aliphatic heterocycles. The summed E-state index contributed by atoms with van der Waals surface area (Å²) in [7, 11) is 0. The minimum absolute atomic E-state index is 0.00159. The Morgan fingerprint density at radius 1 is 1.23 bits per heavy atom. The lowest BCUT2D eigenvalue weighted by molar-refractivity contribution is -0.163. The first-order valence-corrected chi connectivity index (χ1v) is 12.8. The number of piperazine rings is 1. The van der Waals surface area contributed by atoms with Crippen LogP contribution in [0.5, 0.6) is 0 Å². The average molecular weight is 511 g/mol. The predicted octanol–water partition coefficient (Wildman–Crippen LogP) is -1.61. The van der Waals surface area contributed by atoms with Gasteiger partial charge in [-0.1, -0.05) is 6.92 Å². The Kier molecular flexibility index (Phi) is 7.32. The second kappa shape index (κ2) is 9.96. The summed E-state index contributed by atoms with van der Waals surface area (Å²) in [6.07, 6.45) is -1.19. The van der Waals surface area contributed by atoms with Crippen LogP contribution in [0.4, 0.5) is 0 Å². The summed E-state index contributed by atoms with van der Waals surface area (Å²) in [6.45, 7) is 5.87. The highest BCUT2D eigenvalue weighted by molar-refractivity contribution is 8.03. The molecule has 4 rings (SSSR count). The lowest BCUT2D eigenvalue weighted by atomic mass is 9.79. The second-order valence-electron chi connectivity index (χ2n) is 9.79. The van der Waals surface area contributed by atoms with Crippen molar-refractivity contribution in [3.05, 3.63) is 10.6 Å². The second-order valence-corrected chi connectivity index (χ2v) is 11.1. The molecule has 12 nitrogen and oxygen atoms in total. The van der Waals surface area contributed by atoms with E-state index in [1.807, 2.05) is 6.92 Å². The van der Waals surface area contributed by atoms with E-state index in [0.29, 0.717) is 44.0 Å². The van der Waals surface area contributed by atoms with Gasteiger partial charge < -0.3 is 41.1 Å². The highest BCUT2D eigenvalue weighted by Gasteiger charge is 2.60. The number of fused-ring (bicyclic) bond motifs is 1. The minimum atomic E-state index is -1.16. The molecule has 13 heteroatoms. The number of guanidine groups is 1. The first-order valence-electron chi connectivity index (χ1n) is 11.9. The van der Waals surface area contributed by atoms with Gasteiger partial charge >= 0.3 is 5.97 Å². The number of thioether (sulfide) groups is 1. The van der Waals surface area contributed by atoms with Crippen LogP contribution in [0.25, 0.3) is 0 Å². The molecule has 6 unspecified atom stereocenters. The van der Waals surface area contributed by atoms with Crippen molar-refractivity contribution in [2.24, 2.45) is 17.6 Å². The summed E-state index contributed by atoms with van der Waals surface area (Å²) in [5.41, 5.74) is 5.49. The summed E-state index contributed by atoms with van der Waals surface area (Å²) in [5, 5.41) is 41.2.